The number of morpholine rings is 1. The molecule has 9 heteroatoms. The number of amides is 1. The highest BCUT2D eigenvalue weighted by atomic mass is 35.5. The van der Waals surface area contributed by atoms with Gasteiger partial charge in [-0.15, -0.1) is 10.2 Å². The maximum absolute atomic E-state index is 12.9. The molecule has 144 valence electrons. The van der Waals surface area contributed by atoms with Crippen LogP contribution in [0.2, 0.25) is 5.02 Å². The summed E-state index contributed by atoms with van der Waals surface area (Å²) in [5.41, 5.74) is 3.87. The van der Waals surface area contributed by atoms with Crippen molar-refractivity contribution >= 4 is 52.0 Å². The Morgan fingerprint density at radius 3 is 2.79 bits per heavy atom. The van der Waals surface area contributed by atoms with Crippen LogP contribution in [0.1, 0.15) is 10.4 Å². The van der Waals surface area contributed by atoms with Gasteiger partial charge in [-0.25, -0.2) is 0 Å². The SMILES string of the molecule is O=C(Nc1ccc(Sc2nncs2)c(Cl)c1)c1ccccc1N1CCOCC1. The molecule has 1 fully saturated rings. The van der Waals surface area contributed by atoms with Gasteiger partial charge in [-0.05, 0) is 30.3 Å². The van der Waals surface area contributed by atoms with E-state index in [1.807, 2.05) is 36.4 Å². The van der Waals surface area contributed by atoms with E-state index in [1.165, 1.54) is 23.1 Å². The van der Waals surface area contributed by atoms with Crippen LogP contribution in [0.15, 0.2) is 57.2 Å². The zero-order chi connectivity index (χ0) is 19.3. The number of aromatic nitrogens is 2. The third-order valence-electron chi connectivity index (χ3n) is 4.23. The van der Waals surface area contributed by atoms with Gasteiger partial charge in [0.05, 0.1) is 23.8 Å². The lowest BCUT2D eigenvalue weighted by Gasteiger charge is -2.30. The van der Waals surface area contributed by atoms with Crippen LogP contribution in [0, 0.1) is 0 Å². The Kier molecular flexibility index (Phi) is 6.11. The second-order valence-electron chi connectivity index (χ2n) is 6.02. The molecule has 2 aromatic carbocycles. The lowest BCUT2D eigenvalue weighted by Crippen LogP contribution is -2.37. The molecule has 4 rings (SSSR count). The highest BCUT2D eigenvalue weighted by Gasteiger charge is 2.18. The minimum absolute atomic E-state index is 0.164. The molecule has 3 aromatic rings. The number of hydrogen-bond donors (Lipinski definition) is 1. The molecule has 1 aliphatic heterocycles. The first-order valence-corrected chi connectivity index (χ1v) is 10.7. The van der Waals surface area contributed by atoms with Crippen LogP contribution in [0.5, 0.6) is 0 Å². The quantitative estimate of drug-likeness (QED) is 0.643. The number of nitrogens with one attached hydrogen (secondary N) is 1. The molecule has 6 nitrogen and oxygen atoms in total. The molecule has 1 N–H and O–H groups in total. The summed E-state index contributed by atoms with van der Waals surface area (Å²) < 4.78 is 6.23. The standard InChI is InChI=1S/C19H17ClN4O2S2/c20-15-11-13(5-6-17(15)28-19-23-21-12-27-19)22-18(25)14-3-1-2-4-16(14)24-7-9-26-10-8-24/h1-6,11-12H,7-10H2,(H,22,25). The van der Waals surface area contributed by atoms with Crippen LogP contribution in [0.3, 0.4) is 0 Å². The summed E-state index contributed by atoms with van der Waals surface area (Å²) >= 11 is 9.29. The topological polar surface area (TPSA) is 67.4 Å². The van der Waals surface area contributed by atoms with Crippen molar-refractivity contribution in [3.05, 3.63) is 58.6 Å². The van der Waals surface area contributed by atoms with E-state index in [-0.39, 0.29) is 5.91 Å². The van der Waals surface area contributed by atoms with Crippen LogP contribution < -0.4 is 10.2 Å². The molecule has 1 amide bonds. The second-order valence-corrected chi connectivity index (χ2v) is 8.55. The summed E-state index contributed by atoms with van der Waals surface area (Å²) in [6, 6.07) is 13.1. The molecule has 0 atom stereocenters. The first kappa shape index (κ1) is 19.2. The van der Waals surface area contributed by atoms with Gasteiger partial charge in [0.2, 0.25) is 0 Å². The molecule has 1 aromatic heterocycles. The fourth-order valence-electron chi connectivity index (χ4n) is 2.91. The number of halogens is 1. The highest BCUT2D eigenvalue weighted by molar-refractivity contribution is 8.01. The van der Waals surface area contributed by atoms with E-state index in [0.717, 1.165) is 28.0 Å². The van der Waals surface area contributed by atoms with Crippen molar-refractivity contribution in [3.8, 4) is 0 Å². The van der Waals surface area contributed by atoms with Gasteiger partial charge in [-0.2, -0.15) is 0 Å². The van der Waals surface area contributed by atoms with Crippen molar-refractivity contribution in [2.75, 3.05) is 36.5 Å². The molecule has 0 saturated carbocycles. The first-order chi connectivity index (χ1) is 13.7. The third kappa shape index (κ3) is 4.47. The minimum Gasteiger partial charge on any atom is -0.378 e. The van der Waals surface area contributed by atoms with E-state index in [0.29, 0.717) is 29.5 Å². The van der Waals surface area contributed by atoms with Crippen LogP contribution in [-0.2, 0) is 4.74 Å². The average molecular weight is 433 g/mol. The van der Waals surface area contributed by atoms with Crippen LogP contribution in [0.4, 0.5) is 11.4 Å². The number of para-hydroxylation sites is 1. The molecule has 0 aliphatic carbocycles. The molecule has 1 saturated heterocycles. The normalized spacial score (nSPS) is 14.1. The van der Waals surface area contributed by atoms with Gasteiger partial charge in [-0.3, -0.25) is 4.79 Å². The molecule has 1 aliphatic rings. The lowest BCUT2D eigenvalue weighted by molar-refractivity contribution is 0.102. The van der Waals surface area contributed by atoms with Crippen molar-refractivity contribution in [1.82, 2.24) is 10.2 Å². The molecule has 28 heavy (non-hydrogen) atoms. The number of carbonyl (C=O) groups excluding carboxylic acids is 1. The first-order valence-electron chi connectivity index (χ1n) is 8.67. The number of hydrogen-bond acceptors (Lipinski definition) is 7. The Bertz CT molecular complexity index is 962. The minimum atomic E-state index is -0.164. The van der Waals surface area contributed by atoms with Crippen LogP contribution in [0.25, 0.3) is 0 Å². The Labute approximate surface area is 175 Å². The number of ether oxygens (including phenoxy) is 1. The van der Waals surface area contributed by atoms with Gasteiger partial charge in [-0.1, -0.05) is 46.8 Å². The van der Waals surface area contributed by atoms with E-state index in [1.54, 1.807) is 11.6 Å². The summed E-state index contributed by atoms with van der Waals surface area (Å²) in [7, 11) is 0. The number of anilines is 2. The lowest BCUT2D eigenvalue weighted by atomic mass is 10.1. The number of carbonyl (C=O) groups is 1. The van der Waals surface area contributed by atoms with Crippen molar-refractivity contribution < 1.29 is 9.53 Å². The monoisotopic (exact) mass is 432 g/mol. The van der Waals surface area contributed by atoms with Crippen molar-refractivity contribution in [2.45, 2.75) is 9.24 Å². The zero-order valence-electron chi connectivity index (χ0n) is 14.8. The van der Waals surface area contributed by atoms with Crippen LogP contribution in [-0.4, -0.2) is 42.4 Å². The van der Waals surface area contributed by atoms with E-state index in [2.05, 4.69) is 20.4 Å². The number of rotatable bonds is 5. The summed E-state index contributed by atoms with van der Waals surface area (Å²) in [6.07, 6.45) is 0. The Balaban J connectivity index is 1.50. The average Bonchev–Trinajstić information content (AvgIpc) is 3.24. The molecule has 0 radical (unpaired) electrons. The largest absolute Gasteiger partial charge is 0.378 e. The Morgan fingerprint density at radius 1 is 1.21 bits per heavy atom. The van der Waals surface area contributed by atoms with E-state index in [4.69, 9.17) is 16.3 Å². The van der Waals surface area contributed by atoms with Gasteiger partial charge in [0.15, 0.2) is 4.34 Å². The smallest absolute Gasteiger partial charge is 0.257 e. The summed E-state index contributed by atoms with van der Waals surface area (Å²) in [4.78, 5) is 15.9. The maximum Gasteiger partial charge on any atom is 0.257 e. The fourth-order valence-corrected chi connectivity index (χ4v) is 4.64. The van der Waals surface area contributed by atoms with E-state index in [9.17, 15) is 4.79 Å². The molecule has 2 heterocycles. The summed E-state index contributed by atoms with van der Waals surface area (Å²) in [5.74, 6) is -0.164. The van der Waals surface area contributed by atoms with Gasteiger partial charge < -0.3 is 15.0 Å². The van der Waals surface area contributed by atoms with Crippen LogP contribution >= 0.6 is 34.7 Å². The second kappa shape index (κ2) is 8.91. The molecular formula is C19H17ClN4O2S2. The summed E-state index contributed by atoms with van der Waals surface area (Å²) in [5, 5.41) is 11.3. The molecular weight excluding hydrogens is 416 g/mol. The van der Waals surface area contributed by atoms with E-state index >= 15 is 0 Å². The predicted molar refractivity (Wildman–Crippen MR) is 113 cm³/mol. The Hall–Kier alpha value is -2.13. The van der Waals surface area contributed by atoms with Crippen molar-refractivity contribution in [3.63, 3.8) is 0 Å². The van der Waals surface area contributed by atoms with Gasteiger partial charge in [0.25, 0.3) is 5.91 Å². The van der Waals surface area contributed by atoms with Crippen molar-refractivity contribution in [2.24, 2.45) is 0 Å². The predicted octanol–water partition coefficient (Wildman–Crippen LogP) is 4.43. The van der Waals surface area contributed by atoms with Gasteiger partial charge >= 0.3 is 0 Å². The fraction of sp³-hybridized carbons (Fsp3) is 0.211. The molecule has 0 unspecified atom stereocenters. The third-order valence-corrected chi connectivity index (χ3v) is 6.51. The zero-order valence-corrected chi connectivity index (χ0v) is 17.2. The Morgan fingerprint density at radius 2 is 2.04 bits per heavy atom. The maximum atomic E-state index is 12.9. The highest BCUT2D eigenvalue weighted by Crippen LogP contribution is 2.35. The van der Waals surface area contributed by atoms with E-state index < -0.39 is 0 Å². The number of benzene rings is 2. The number of nitrogens with zero attached hydrogens (tertiary/aromatic N) is 3. The summed E-state index contributed by atoms with van der Waals surface area (Å²) in [6.45, 7) is 2.87. The van der Waals surface area contributed by atoms with Gasteiger partial charge in [0, 0.05) is 29.4 Å². The molecule has 0 spiro atoms. The molecule has 0 bridgehead atoms. The van der Waals surface area contributed by atoms with Crippen molar-refractivity contribution in [1.29, 1.82) is 0 Å². The van der Waals surface area contributed by atoms with Gasteiger partial charge in [0.1, 0.15) is 5.51 Å².